The summed E-state index contributed by atoms with van der Waals surface area (Å²) in [5.74, 6) is 1.61. The minimum absolute atomic E-state index is 0.0128. The zero-order valence-electron chi connectivity index (χ0n) is 72.1. The van der Waals surface area contributed by atoms with E-state index in [1.807, 2.05) is 94.1 Å². The lowest BCUT2D eigenvalue weighted by Crippen LogP contribution is -2.61. The molecule has 9 heteroatoms. The normalized spacial score (nSPS) is 14.6. The Morgan fingerprint density at radius 3 is 1.01 bits per heavy atom. The Morgan fingerprint density at radius 2 is 0.635 bits per heavy atom. The van der Waals surface area contributed by atoms with Gasteiger partial charge < -0.3 is 38.2 Å². The molecule has 0 spiro atoms. The number of fused-ring (bicyclic) bond motifs is 12. The molecule has 0 fully saturated rings. The first-order valence-corrected chi connectivity index (χ1v) is 40.2. The molecule has 0 saturated carbocycles. The van der Waals surface area contributed by atoms with Gasteiger partial charge in [-0.3, -0.25) is 0 Å². The highest BCUT2D eigenvalue weighted by molar-refractivity contribution is 7.00. The summed E-state index contributed by atoms with van der Waals surface area (Å²) in [5, 5.41) is 3.64. The van der Waals surface area contributed by atoms with E-state index in [0.29, 0.717) is 65.4 Å². The Labute approximate surface area is 682 Å². The van der Waals surface area contributed by atoms with Crippen LogP contribution in [0.1, 0.15) is 87.2 Å². The second kappa shape index (κ2) is 26.7. The van der Waals surface area contributed by atoms with E-state index < -0.39 is 12.1 Å². The fourth-order valence-electron chi connectivity index (χ4n) is 18.2. The predicted molar refractivity (Wildman–Crippen MR) is 485 cm³/mol. The Balaban J connectivity index is 0.945. The topological polar surface area (TPSA) is 41.3 Å². The first kappa shape index (κ1) is 63.3. The average Bonchev–Trinajstić information content (AvgIpc) is 1.33. The Kier molecular flexibility index (Phi) is 14.7. The molecule has 0 amide bonds. The van der Waals surface area contributed by atoms with Gasteiger partial charge in [-0.05, 0) is 205 Å². The fourth-order valence-corrected chi connectivity index (χ4v) is 18.2. The number of anilines is 10. The molecule has 4 aliphatic heterocycles. The third kappa shape index (κ3) is 11.5. The van der Waals surface area contributed by atoms with Gasteiger partial charge in [0, 0.05) is 89.3 Å². The van der Waals surface area contributed by atoms with E-state index in [9.17, 15) is 8.22 Å². The lowest BCUT2D eigenvalue weighted by Gasteiger charge is -2.47. The van der Waals surface area contributed by atoms with Crippen molar-refractivity contribution in [2.75, 3.05) is 45.9 Å². The number of rotatable bonds is 10. The summed E-state index contributed by atoms with van der Waals surface area (Å²) >= 11 is 0. The molecule has 0 aliphatic carbocycles. The van der Waals surface area contributed by atoms with E-state index in [1.165, 1.54) is 0 Å². The van der Waals surface area contributed by atoms with Crippen LogP contribution in [0.15, 0.2) is 327 Å². The molecule has 0 unspecified atom stereocenters. The number of ether oxygens (including phenoxy) is 2. The van der Waals surface area contributed by atoms with Crippen molar-refractivity contribution in [3.63, 3.8) is 0 Å². The summed E-state index contributed by atoms with van der Waals surface area (Å²) < 4.78 is 86.3. The summed E-state index contributed by atoms with van der Waals surface area (Å²) in [6.07, 6.45) is 0. The minimum Gasteiger partial charge on any atom is -0.490 e. The second-order valence-corrected chi connectivity index (χ2v) is 34.1. The van der Waals surface area contributed by atoms with Gasteiger partial charge in [0.05, 0.1) is 66.1 Å². The van der Waals surface area contributed by atoms with Crippen LogP contribution in [0.25, 0.3) is 99.5 Å². The molecule has 558 valence electrons. The van der Waals surface area contributed by atoms with Crippen LogP contribution in [0.2, 0.25) is 0 Å². The summed E-state index contributed by atoms with van der Waals surface area (Å²) in [4.78, 5) is 9.15. The largest absolute Gasteiger partial charge is 0.490 e. The summed E-state index contributed by atoms with van der Waals surface area (Å²) in [6, 6.07) is 101. The Morgan fingerprint density at radius 1 is 0.304 bits per heavy atom. The highest BCUT2D eigenvalue weighted by Gasteiger charge is 2.47. The van der Waals surface area contributed by atoms with Crippen molar-refractivity contribution in [3.8, 4) is 67.4 Å². The molecule has 115 heavy (non-hydrogen) atoms. The molecule has 2 aromatic heterocycles. The van der Waals surface area contributed by atoms with Gasteiger partial charge in [0.1, 0.15) is 24.7 Å². The Hall–Kier alpha value is -13.2. The molecule has 0 atom stereocenters. The van der Waals surface area contributed by atoms with Crippen LogP contribution >= 0.6 is 0 Å². The number of para-hydroxylation sites is 6. The van der Waals surface area contributed by atoms with Crippen LogP contribution in [0.5, 0.6) is 11.5 Å². The van der Waals surface area contributed by atoms with E-state index in [-0.39, 0.29) is 58.5 Å². The van der Waals surface area contributed by atoms with Gasteiger partial charge in [0.2, 0.25) is 0 Å². The van der Waals surface area contributed by atoms with Gasteiger partial charge in [-0.1, -0.05) is 256 Å². The average molecular weight is 1500 g/mol. The monoisotopic (exact) mass is 1490 g/mol. The van der Waals surface area contributed by atoms with E-state index in [0.717, 1.165) is 150 Å². The highest BCUT2D eigenvalue weighted by atomic mass is 16.5. The van der Waals surface area contributed by atoms with Gasteiger partial charge in [-0.25, -0.2) is 0 Å². The summed E-state index contributed by atoms with van der Waals surface area (Å²) in [7, 11) is 0. The van der Waals surface area contributed by atoms with Crippen molar-refractivity contribution >= 4 is 124 Å². The number of aromatic nitrogens is 2. The number of hydrogen-bond donors (Lipinski definition) is 0. The van der Waals surface area contributed by atoms with Gasteiger partial charge in [0.25, 0.3) is 6.71 Å². The smallest absolute Gasteiger partial charge is 0.252 e. The number of hydrogen-bond acceptors (Lipinski definition) is 6. The lowest BCUT2D eigenvalue weighted by atomic mass is 9.33. The van der Waals surface area contributed by atoms with Crippen molar-refractivity contribution in [1.82, 2.24) is 9.13 Å². The first-order valence-electron chi connectivity index (χ1n) is 43.2. The van der Waals surface area contributed by atoms with Crippen molar-refractivity contribution in [2.24, 2.45) is 0 Å². The van der Waals surface area contributed by atoms with Crippen molar-refractivity contribution in [2.45, 2.75) is 78.6 Å². The maximum atomic E-state index is 12.0. The van der Waals surface area contributed by atoms with Crippen LogP contribution in [-0.2, 0) is 16.2 Å². The molecule has 0 radical (unpaired) electrons. The molecule has 4 aliphatic rings. The molecular weight excluding hydrogens is 1400 g/mol. The zero-order chi connectivity index (χ0) is 83.0. The second-order valence-electron chi connectivity index (χ2n) is 34.1. The molecular formula is C106H89BN6O2. The SMILES string of the molecule is [2H]c1c([2H])c(-n2c3ccccc3c3cc(N4CCOc5ccccc54)ccc32)c([2H])c2c1B1c3c(cc(C(C)(C)C)cc3N(c3c(-c4ccccc4)cc(C(C)(C)C)cc3-c3ccccc3)c3c([2H])c(-n4c5ccccc5c5cc(N6CCOc7ccccc76)ccc54)c([2H])c([2H])c31)N2c1c(-c2ccccc2)cc(C(C)(C)C)cc1-c1ccccc1. The van der Waals surface area contributed by atoms with Crippen molar-refractivity contribution < 1.29 is 17.7 Å². The van der Waals surface area contributed by atoms with E-state index in [4.69, 9.17) is 9.47 Å². The van der Waals surface area contributed by atoms with Crippen molar-refractivity contribution in [3.05, 3.63) is 344 Å². The van der Waals surface area contributed by atoms with E-state index >= 15 is 0 Å². The van der Waals surface area contributed by atoms with Gasteiger partial charge in [-0.2, -0.15) is 0 Å². The minimum atomic E-state index is -1.17. The molecule has 17 aromatic rings. The van der Waals surface area contributed by atoms with Crippen molar-refractivity contribution in [1.29, 1.82) is 0 Å². The van der Waals surface area contributed by atoms with Crippen LogP contribution < -0.4 is 45.5 Å². The maximum absolute atomic E-state index is 12.0. The zero-order valence-corrected chi connectivity index (χ0v) is 66.1. The lowest BCUT2D eigenvalue weighted by molar-refractivity contribution is 0.314. The van der Waals surface area contributed by atoms with Crippen LogP contribution in [0, 0.1) is 0 Å². The quantitative estimate of drug-likeness (QED) is 0.127. The van der Waals surface area contributed by atoms with Gasteiger partial charge in [0.15, 0.2) is 0 Å². The molecule has 6 heterocycles. The summed E-state index contributed by atoms with van der Waals surface area (Å²) in [5.41, 5.74) is 21.2. The third-order valence-electron chi connectivity index (χ3n) is 24.0. The highest BCUT2D eigenvalue weighted by Crippen LogP contribution is 2.56. The Bertz CT molecular complexity index is 6610. The molecule has 0 saturated heterocycles. The molecule has 8 nitrogen and oxygen atoms in total. The third-order valence-corrected chi connectivity index (χ3v) is 24.0. The number of benzene rings is 15. The van der Waals surface area contributed by atoms with Gasteiger partial charge in [-0.15, -0.1) is 0 Å². The predicted octanol–water partition coefficient (Wildman–Crippen LogP) is 25.6. The van der Waals surface area contributed by atoms with E-state index in [1.54, 1.807) is 0 Å². The number of nitrogens with zero attached hydrogens (tertiary/aromatic N) is 6. The van der Waals surface area contributed by atoms with E-state index in [2.05, 4.69) is 288 Å². The maximum Gasteiger partial charge on any atom is 0.252 e. The summed E-state index contributed by atoms with van der Waals surface area (Å²) in [6.45, 7) is 21.3. The molecule has 21 rings (SSSR count). The van der Waals surface area contributed by atoms with Crippen LogP contribution in [0.4, 0.5) is 56.9 Å². The standard InChI is InChI=1S/C106H89BN6O2/c1-104(2,3)72-58-81(68-30-14-10-15-31-68)102(82(59-72)69-32-16-11-17-33-69)112-95-66-77(110-89-40-24-22-38-79(89)85-64-75(48-52-91(85)110)108-54-56-114-99-44-28-26-42-93(99)108)46-50-87(95)107-88-51-47-78(111-90-41-25-23-39-80(90)86-65-76(49-53-92(86)111)109-55-57-115-100-45-29-27-43-94(100)109)67-96(88)113(98-63-74(106(7,8)9)62-97(112)101(98)107)103-83(70-34-18-12-19-35-70)60-73(105(4,5)6)61-84(103)71-36-20-13-21-37-71/h10-53,58-67H,54-57H2,1-9H3/i46D,47D,50D,51D,66D,67D. The molecule has 0 N–H and O–H groups in total. The van der Waals surface area contributed by atoms with Crippen LogP contribution in [0.3, 0.4) is 0 Å². The molecule has 15 aromatic carbocycles. The van der Waals surface area contributed by atoms with Gasteiger partial charge >= 0.3 is 0 Å². The fraction of sp³-hybridized carbons (Fsp3) is 0.151. The molecule has 0 bridgehead atoms. The first-order chi connectivity index (χ1) is 58.5. The van der Waals surface area contributed by atoms with Crippen LogP contribution in [-0.4, -0.2) is 42.2 Å².